The SMILES string of the molecule is CC(Nc1ccc(Cl)cc1[N+](=O)[O-])C1CCCNC1. The lowest BCUT2D eigenvalue weighted by Crippen LogP contribution is -2.38. The number of nitro benzene ring substituents is 1. The van der Waals surface area contributed by atoms with E-state index in [0.29, 0.717) is 16.6 Å². The van der Waals surface area contributed by atoms with E-state index in [1.54, 1.807) is 12.1 Å². The highest BCUT2D eigenvalue weighted by molar-refractivity contribution is 6.30. The lowest BCUT2D eigenvalue weighted by molar-refractivity contribution is -0.384. The highest BCUT2D eigenvalue weighted by Crippen LogP contribution is 2.29. The van der Waals surface area contributed by atoms with Gasteiger partial charge in [0.2, 0.25) is 0 Å². The van der Waals surface area contributed by atoms with Gasteiger partial charge < -0.3 is 10.6 Å². The number of benzene rings is 1. The second kappa shape index (κ2) is 6.21. The third-order valence-corrected chi connectivity index (χ3v) is 3.82. The molecule has 0 spiro atoms. The highest BCUT2D eigenvalue weighted by Gasteiger charge is 2.22. The molecule has 2 atom stereocenters. The molecule has 0 aromatic heterocycles. The fourth-order valence-electron chi connectivity index (χ4n) is 2.45. The number of piperidine rings is 1. The van der Waals surface area contributed by atoms with Gasteiger partial charge in [0.05, 0.1) is 4.92 Å². The minimum atomic E-state index is -0.403. The molecule has 0 bridgehead atoms. The Bertz CT molecular complexity index is 461. The molecule has 1 aromatic carbocycles. The summed E-state index contributed by atoms with van der Waals surface area (Å²) in [5, 5.41) is 18.0. The standard InChI is InChI=1S/C13H18ClN3O2/c1-9(10-3-2-6-15-8-10)16-12-5-4-11(14)7-13(12)17(18)19/h4-5,7,9-10,15-16H,2-3,6,8H2,1H3. The van der Waals surface area contributed by atoms with Gasteiger partial charge in [-0.1, -0.05) is 11.6 Å². The molecule has 0 saturated carbocycles. The van der Waals surface area contributed by atoms with Crippen LogP contribution in [0.5, 0.6) is 0 Å². The van der Waals surface area contributed by atoms with Gasteiger partial charge in [-0.25, -0.2) is 0 Å². The molecule has 1 saturated heterocycles. The monoisotopic (exact) mass is 283 g/mol. The van der Waals surface area contributed by atoms with Gasteiger partial charge in [0.1, 0.15) is 5.69 Å². The van der Waals surface area contributed by atoms with Gasteiger partial charge in [0, 0.05) is 17.1 Å². The zero-order valence-corrected chi connectivity index (χ0v) is 11.6. The molecule has 5 nitrogen and oxygen atoms in total. The predicted octanol–water partition coefficient (Wildman–Crippen LogP) is 3.05. The van der Waals surface area contributed by atoms with Crippen molar-refractivity contribution in [2.75, 3.05) is 18.4 Å². The summed E-state index contributed by atoms with van der Waals surface area (Å²) in [5.74, 6) is 0.490. The van der Waals surface area contributed by atoms with Crippen molar-refractivity contribution >= 4 is 23.0 Å². The lowest BCUT2D eigenvalue weighted by Gasteiger charge is -2.29. The Kier molecular flexibility index (Phi) is 4.61. The van der Waals surface area contributed by atoms with E-state index in [1.807, 2.05) is 0 Å². The van der Waals surface area contributed by atoms with Crippen molar-refractivity contribution in [2.45, 2.75) is 25.8 Å². The van der Waals surface area contributed by atoms with Crippen LogP contribution >= 0.6 is 11.6 Å². The van der Waals surface area contributed by atoms with E-state index >= 15 is 0 Å². The highest BCUT2D eigenvalue weighted by atomic mass is 35.5. The molecule has 1 aliphatic heterocycles. The van der Waals surface area contributed by atoms with Gasteiger partial charge in [-0.05, 0) is 50.9 Å². The van der Waals surface area contributed by atoms with E-state index in [4.69, 9.17) is 11.6 Å². The maximum Gasteiger partial charge on any atom is 0.293 e. The molecular formula is C13H18ClN3O2. The summed E-state index contributed by atoms with van der Waals surface area (Å²) in [6.07, 6.45) is 2.29. The van der Waals surface area contributed by atoms with Crippen LogP contribution in [0.25, 0.3) is 0 Å². The third-order valence-electron chi connectivity index (χ3n) is 3.58. The summed E-state index contributed by atoms with van der Waals surface area (Å²) in [6, 6.07) is 4.92. The van der Waals surface area contributed by atoms with E-state index in [9.17, 15) is 10.1 Å². The maximum atomic E-state index is 11.0. The molecule has 2 rings (SSSR count). The molecule has 104 valence electrons. The molecule has 0 aliphatic carbocycles. The van der Waals surface area contributed by atoms with Crippen molar-refractivity contribution in [1.82, 2.24) is 5.32 Å². The Hall–Kier alpha value is -1.33. The molecule has 19 heavy (non-hydrogen) atoms. The zero-order chi connectivity index (χ0) is 13.8. The van der Waals surface area contributed by atoms with Crippen molar-refractivity contribution in [1.29, 1.82) is 0 Å². The van der Waals surface area contributed by atoms with Crippen LogP contribution in [-0.4, -0.2) is 24.1 Å². The topological polar surface area (TPSA) is 67.2 Å². The van der Waals surface area contributed by atoms with Gasteiger partial charge in [-0.2, -0.15) is 0 Å². The van der Waals surface area contributed by atoms with Crippen LogP contribution in [0, 0.1) is 16.0 Å². The smallest absolute Gasteiger partial charge is 0.293 e. The molecule has 1 aromatic rings. The number of rotatable bonds is 4. The Morgan fingerprint density at radius 2 is 2.37 bits per heavy atom. The van der Waals surface area contributed by atoms with Crippen LogP contribution in [0.2, 0.25) is 5.02 Å². The number of nitrogens with one attached hydrogen (secondary N) is 2. The number of anilines is 1. The minimum absolute atomic E-state index is 0.0307. The first-order valence-corrected chi connectivity index (χ1v) is 6.87. The van der Waals surface area contributed by atoms with Gasteiger partial charge >= 0.3 is 0 Å². The average molecular weight is 284 g/mol. The number of nitrogens with zero attached hydrogens (tertiary/aromatic N) is 1. The fourth-order valence-corrected chi connectivity index (χ4v) is 2.61. The molecular weight excluding hydrogens is 266 g/mol. The largest absolute Gasteiger partial charge is 0.377 e. The second-order valence-corrected chi connectivity index (χ2v) is 5.39. The van der Waals surface area contributed by atoms with Crippen molar-refractivity contribution in [3.8, 4) is 0 Å². The molecule has 2 N–H and O–H groups in total. The Morgan fingerprint density at radius 3 is 3.00 bits per heavy atom. The summed E-state index contributed by atoms with van der Waals surface area (Å²) in [5.41, 5.74) is 0.565. The Morgan fingerprint density at radius 1 is 1.58 bits per heavy atom. The normalized spacial score (nSPS) is 20.8. The predicted molar refractivity (Wildman–Crippen MR) is 76.8 cm³/mol. The number of halogens is 1. The quantitative estimate of drug-likeness (QED) is 0.658. The van der Waals surface area contributed by atoms with Crippen LogP contribution in [0.1, 0.15) is 19.8 Å². The molecule has 1 heterocycles. The van der Waals surface area contributed by atoms with E-state index in [2.05, 4.69) is 17.6 Å². The van der Waals surface area contributed by atoms with E-state index in [1.165, 1.54) is 6.07 Å². The van der Waals surface area contributed by atoms with Crippen LogP contribution in [0.3, 0.4) is 0 Å². The Balaban J connectivity index is 2.11. The summed E-state index contributed by atoms with van der Waals surface area (Å²) in [6.45, 7) is 4.08. The lowest BCUT2D eigenvalue weighted by atomic mass is 9.92. The number of hydrogen-bond acceptors (Lipinski definition) is 4. The Labute approximate surface area is 117 Å². The summed E-state index contributed by atoms with van der Waals surface area (Å²) < 4.78 is 0. The van der Waals surface area contributed by atoms with Crippen molar-refractivity contribution in [3.63, 3.8) is 0 Å². The molecule has 6 heteroatoms. The van der Waals surface area contributed by atoms with Crippen LogP contribution in [0.4, 0.5) is 11.4 Å². The van der Waals surface area contributed by atoms with Crippen LogP contribution in [0.15, 0.2) is 18.2 Å². The van der Waals surface area contributed by atoms with E-state index in [0.717, 1.165) is 25.9 Å². The maximum absolute atomic E-state index is 11.0. The average Bonchev–Trinajstić information content (AvgIpc) is 2.41. The summed E-state index contributed by atoms with van der Waals surface area (Å²) >= 11 is 5.80. The van der Waals surface area contributed by atoms with Crippen LogP contribution in [-0.2, 0) is 0 Å². The molecule has 1 fully saturated rings. The zero-order valence-electron chi connectivity index (χ0n) is 10.9. The third kappa shape index (κ3) is 3.58. The molecule has 2 unspecified atom stereocenters. The first kappa shape index (κ1) is 14.1. The van der Waals surface area contributed by atoms with Gasteiger partial charge in [0.25, 0.3) is 5.69 Å². The van der Waals surface area contributed by atoms with Crippen molar-refractivity contribution in [3.05, 3.63) is 33.3 Å². The van der Waals surface area contributed by atoms with Gasteiger partial charge in [-0.15, -0.1) is 0 Å². The van der Waals surface area contributed by atoms with Crippen molar-refractivity contribution in [2.24, 2.45) is 5.92 Å². The molecule has 1 aliphatic rings. The van der Waals surface area contributed by atoms with E-state index < -0.39 is 4.92 Å². The molecule has 0 amide bonds. The minimum Gasteiger partial charge on any atom is -0.377 e. The summed E-state index contributed by atoms with van der Waals surface area (Å²) in [7, 11) is 0. The van der Waals surface area contributed by atoms with Crippen molar-refractivity contribution < 1.29 is 4.92 Å². The van der Waals surface area contributed by atoms with Gasteiger partial charge in [-0.3, -0.25) is 10.1 Å². The first-order chi connectivity index (χ1) is 9.08. The fraction of sp³-hybridized carbons (Fsp3) is 0.538. The molecule has 0 radical (unpaired) electrons. The summed E-state index contributed by atoms with van der Waals surface area (Å²) in [4.78, 5) is 10.6. The van der Waals surface area contributed by atoms with E-state index in [-0.39, 0.29) is 11.7 Å². The second-order valence-electron chi connectivity index (χ2n) is 4.96. The number of nitro groups is 1. The van der Waals surface area contributed by atoms with Crippen LogP contribution < -0.4 is 10.6 Å². The number of hydrogen-bond donors (Lipinski definition) is 2. The van der Waals surface area contributed by atoms with Gasteiger partial charge in [0.15, 0.2) is 0 Å². The first-order valence-electron chi connectivity index (χ1n) is 6.49.